The molecule has 0 radical (unpaired) electrons. The Hall–Kier alpha value is -2.44. The van der Waals surface area contributed by atoms with E-state index in [2.05, 4.69) is 11.0 Å². The largest absolute Gasteiger partial charge is 0.454 e. The Kier molecular flexibility index (Phi) is 6.11. The van der Waals surface area contributed by atoms with Crippen LogP contribution in [0.25, 0.3) is 0 Å². The summed E-state index contributed by atoms with van der Waals surface area (Å²) in [6, 6.07) is 13.8. The maximum absolute atomic E-state index is 12.9. The van der Waals surface area contributed by atoms with Crippen molar-refractivity contribution in [2.24, 2.45) is 0 Å². The number of piperazine rings is 1. The van der Waals surface area contributed by atoms with Gasteiger partial charge >= 0.3 is 0 Å². The Bertz CT molecular complexity index is 868. The fraction of sp³-hybridized carbons (Fsp3) is 0.409. The number of nitrogens with one attached hydrogen (secondary N) is 1. The summed E-state index contributed by atoms with van der Waals surface area (Å²) in [5, 5.41) is 0.759. The van der Waals surface area contributed by atoms with Crippen LogP contribution < -0.4 is 19.3 Å². The lowest BCUT2D eigenvalue weighted by atomic mass is 10.2. The van der Waals surface area contributed by atoms with E-state index >= 15 is 0 Å². The van der Waals surface area contributed by atoms with Gasteiger partial charge in [0.1, 0.15) is 0 Å². The first-order valence-electron chi connectivity index (χ1n) is 10.1. The molecule has 4 rings (SSSR count). The number of carbonyl (C=O) groups excluding carboxylic acids is 1. The van der Waals surface area contributed by atoms with Gasteiger partial charge in [-0.3, -0.25) is 4.79 Å². The van der Waals surface area contributed by atoms with Crippen molar-refractivity contribution in [2.45, 2.75) is 13.5 Å². The molecule has 0 saturated carbocycles. The topological polar surface area (TPSA) is 46.5 Å². The number of nitrogens with zero attached hydrogens (tertiary/aromatic N) is 2. The van der Waals surface area contributed by atoms with Gasteiger partial charge in [-0.15, -0.1) is 0 Å². The third kappa shape index (κ3) is 4.77. The van der Waals surface area contributed by atoms with Crippen molar-refractivity contribution in [2.75, 3.05) is 51.0 Å². The normalized spacial score (nSPS) is 16.1. The maximum atomic E-state index is 12.9. The Labute approximate surface area is 176 Å². The number of amides is 1. The van der Waals surface area contributed by atoms with Gasteiger partial charge in [-0.05, 0) is 42.8 Å². The van der Waals surface area contributed by atoms with E-state index in [-0.39, 0.29) is 12.7 Å². The number of anilines is 1. The molecule has 2 heterocycles. The molecule has 2 aromatic carbocycles. The van der Waals surface area contributed by atoms with Crippen molar-refractivity contribution < 1.29 is 19.2 Å². The molecule has 0 aromatic heterocycles. The highest BCUT2D eigenvalue weighted by Crippen LogP contribution is 2.32. The number of likely N-dealkylation sites (N-methyl/N-ethyl adjacent to an activating group) is 1. The zero-order chi connectivity index (χ0) is 20.2. The number of carbonyl (C=O) groups is 1. The van der Waals surface area contributed by atoms with E-state index in [0.717, 1.165) is 54.0 Å². The maximum Gasteiger partial charge on any atom is 0.278 e. The first-order chi connectivity index (χ1) is 14.1. The molecule has 1 N–H and O–H groups in total. The molecule has 2 aliphatic heterocycles. The molecular weight excluding hydrogens is 390 g/mol. The minimum absolute atomic E-state index is 0.191. The van der Waals surface area contributed by atoms with Crippen LogP contribution in [-0.4, -0.2) is 56.9 Å². The predicted molar refractivity (Wildman–Crippen MR) is 113 cm³/mol. The molecule has 2 aliphatic rings. The van der Waals surface area contributed by atoms with Gasteiger partial charge in [0.05, 0.1) is 26.2 Å². The van der Waals surface area contributed by atoms with Crippen molar-refractivity contribution in [1.82, 2.24) is 4.90 Å². The van der Waals surface area contributed by atoms with Crippen LogP contribution in [0.2, 0.25) is 5.02 Å². The van der Waals surface area contributed by atoms with E-state index < -0.39 is 0 Å². The van der Waals surface area contributed by atoms with Crippen molar-refractivity contribution in [3.63, 3.8) is 0 Å². The van der Waals surface area contributed by atoms with Crippen molar-refractivity contribution >= 4 is 23.2 Å². The second kappa shape index (κ2) is 8.93. The van der Waals surface area contributed by atoms with Crippen LogP contribution >= 0.6 is 11.6 Å². The summed E-state index contributed by atoms with van der Waals surface area (Å²) in [6.07, 6.45) is 0. The number of fused-ring (bicyclic) bond motifs is 1. The number of hydrogen-bond donors (Lipinski definition) is 1. The average Bonchev–Trinajstić information content (AvgIpc) is 3.20. The lowest BCUT2D eigenvalue weighted by Crippen LogP contribution is -3.15. The van der Waals surface area contributed by atoms with Gasteiger partial charge in [0.15, 0.2) is 18.0 Å². The second-order valence-electron chi connectivity index (χ2n) is 7.49. The Balaban J connectivity index is 1.30. The van der Waals surface area contributed by atoms with E-state index in [1.807, 2.05) is 48.2 Å². The molecule has 29 heavy (non-hydrogen) atoms. The number of halogens is 1. The van der Waals surface area contributed by atoms with Crippen molar-refractivity contribution in [3.05, 3.63) is 53.1 Å². The van der Waals surface area contributed by atoms with Crippen LogP contribution in [0.3, 0.4) is 0 Å². The third-order valence-corrected chi connectivity index (χ3v) is 5.83. The summed E-state index contributed by atoms with van der Waals surface area (Å²) >= 11 is 6.11. The Morgan fingerprint density at radius 2 is 1.93 bits per heavy atom. The fourth-order valence-electron chi connectivity index (χ4n) is 3.89. The van der Waals surface area contributed by atoms with E-state index in [1.165, 1.54) is 4.90 Å². The predicted octanol–water partition coefficient (Wildman–Crippen LogP) is 1.82. The monoisotopic (exact) mass is 416 g/mol. The molecule has 2 aromatic rings. The van der Waals surface area contributed by atoms with Crippen LogP contribution in [-0.2, 0) is 11.3 Å². The quantitative estimate of drug-likeness (QED) is 0.780. The van der Waals surface area contributed by atoms with Gasteiger partial charge in [-0.25, -0.2) is 0 Å². The zero-order valence-electron chi connectivity index (χ0n) is 16.7. The molecule has 0 unspecified atom stereocenters. The van der Waals surface area contributed by atoms with Gasteiger partial charge in [0, 0.05) is 23.8 Å². The van der Waals surface area contributed by atoms with Gasteiger partial charge in [0.25, 0.3) is 5.91 Å². The molecule has 0 bridgehead atoms. The summed E-state index contributed by atoms with van der Waals surface area (Å²) in [7, 11) is 0. The van der Waals surface area contributed by atoms with Crippen molar-refractivity contribution in [3.8, 4) is 11.5 Å². The molecule has 7 heteroatoms. The van der Waals surface area contributed by atoms with Crippen LogP contribution in [0.4, 0.5) is 5.69 Å². The number of benzene rings is 2. The fourth-order valence-corrected chi connectivity index (χ4v) is 4.08. The number of ether oxygens (including phenoxy) is 2. The molecule has 1 amide bonds. The third-order valence-electron chi connectivity index (χ3n) is 5.59. The van der Waals surface area contributed by atoms with Gasteiger partial charge in [-0.2, -0.15) is 0 Å². The van der Waals surface area contributed by atoms with Crippen molar-refractivity contribution in [1.29, 1.82) is 0 Å². The van der Waals surface area contributed by atoms with Crippen LogP contribution in [0.1, 0.15) is 12.5 Å². The molecule has 0 atom stereocenters. The van der Waals surface area contributed by atoms with E-state index in [1.54, 1.807) is 0 Å². The van der Waals surface area contributed by atoms with E-state index in [0.29, 0.717) is 19.6 Å². The number of quaternary nitrogens is 1. The van der Waals surface area contributed by atoms with Gasteiger partial charge in [-0.1, -0.05) is 23.7 Å². The lowest BCUT2D eigenvalue weighted by Gasteiger charge is -2.34. The number of hydrogen-bond acceptors (Lipinski definition) is 4. The molecule has 1 saturated heterocycles. The highest BCUT2D eigenvalue weighted by atomic mass is 35.5. The van der Waals surface area contributed by atoms with Crippen LogP contribution in [0.15, 0.2) is 42.5 Å². The average molecular weight is 417 g/mol. The van der Waals surface area contributed by atoms with Gasteiger partial charge in [0.2, 0.25) is 6.79 Å². The first kappa shape index (κ1) is 19.9. The molecule has 0 aliphatic carbocycles. The summed E-state index contributed by atoms with van der Waals surface area (Å²) < 4.78 is 10.8. The van der Waals surface area contributed by atoms with Crippen LogP contribution in [0.5, 0.6) is 11.5 Å². The Morgan fingerprint density at radius 3 is 2.69 bits per heavy atom. The highest BCUT2D eigenvalue weighted by molar-refractivity contribution is 6.30. The molecule has 6 nitrogen and oxygen atoms in total. The first-order valence-corrected chi connectivity index (χ1v) is 10.5. The summed E-state index contributed by atoms with van der Waals surface area (Å²) in [4.78, 5) is 18.5. The lowest BCUT2D eigenvalue weighted by molar-refractivity contribution is -0.892. The summed E-state index contributed by atoms with van der Waals surface area (Å²) in [6.45, 7) is 7.84. The van der Waals surface area contributed by atoms with Gasteiger partial charge < -0.3 is 24.2 Å². The summed E-state index contributed by atoms with van der Waals surface area (Å²) in [5.74, 6) is 1.72. The SMILES string of the molecule is CCN(Cc1ccc2c(c1)OCO2)C(=O)C[NH+]1CCN(c2cccc(Cl)c2)CC1. The minimum Gasteiger partial charge on any atom is -0.454 e. The second-order valence-corrected chi connectivity index (χ2v) is 7.93. The molecule has 0 spiro atoms. The Morgan fingerprint density at radius 1 is 1.14 bits per heavy atom. The molecular formula is C22H27ClN3O3+. The van der Waals surface area contributed by atoms with E-state index in [9.17, 15) is 4.79 Å². The molecule has 154 valence electrons. The van der Waals surface area contributed by atoms with E-state index in [4.69, 9.17) is 21.1 Å². The van der Waals surface area contributed by atoms with Crippen LogP contribution in [0, 0.1) is 0 Å². The highest BCUT2D eigenvalue weighted by Gasteiger charge is 2.25. The standard InChI is InChI=1S/C22H26ClN3O3/c1-2-25(14-17-6-7-20-21(12-17)29-16-28-20)22(27)15-24-8-10-26(11-9-24)19-5-3-4-18(23)13-19/h3-7,12-13H,2,8-11,14-16H2,1H3/p+1. The zero-order valence-corrected chi connectivity index (χ0v) is 17.5. The number of rotatable bonds is 6. The smallest absolute Gasteiger partial charge is 0.278 e. The molecule has 1 fully saturated rings. The minimum atomic E-state index is 0.191. The summed E-state index contributed by atoms with van der Waals surface area (Å²) in [5.41, 5.74) is 2.21.